The summed E-state index contributed by atoms with van der Waals surface area (Å²) < 4.78 is 0. The highest BCUT2D eigenvalue weighted by molar-refractivity contribution is 5.60. The lowest BCUT2D eigenvalue weighted by Crippen LogP contribution is -2.19. The van der Waals surface area contributed by atoms with Crippen LogP contribution in [0.2, 0.25) is 0 Å². The normalized spacial score (nSPS) is 10.5. The number of para-hydroxylation sites is 1. The number of hydrogen-bond acceptors (Lipinski definition) is 1. The first-order valence-electron chi connectivity index (χ1n) is 5.49. The van der Waals surface area contributed by atoms with Crippen LogP contribution in [-0.2, 0) is 0 Å². The van der Waals surface area contributed by atoms with Crippen molar-refractivity contribution in [3.8, 4) is 0 Å². The van der Waals surface area contributed by atoms with Crippen LogP contribution < -0.4 is 4.90 Å². The second-order valence-corrected chi connectivity index (χ2v) is 4.34. The van der Waals surface area contributed by atoms with E-state index in [0.29, 0.717) is 5.92 Å². The second kappa shape index (κ2) is 5.01. The smallest absolute Gasteiger partial charge is 0.0431 e. The molecule has 0 unspecified atom stereocenters. The Hall–Kier alpha value is -1.24. The molecule has 0 aliphatic heterocycles. The highest BCUT2D eigenvalue weighted by Crippen LogP contribution is 2.29. The topological polar surface area (TPSA) is 3.24 Å². The first-order chi connectivity index (χ1) is 7.07. The Morgan fingerprint density at radius 3 is 2.60 bits per heavy atom. The van der Waals surface area contributed by atoms with Crippen LogP contribution in [0.1, 0.15) is 30.9 Å². The zero-order valence-corrected chi connectivity index (χ0v) is 10.2. The van der Waals surface area contributed by atoms with Crippen molar-refractivity contribution in [1.82, 2.24) is 0 Å². The summed E-state index contributed by atoms with van der Waals surface area (Å²) in [5.41, 5.74) is 4.11. The van der Waals surface area contributed by atoms with Gasteiger partial charge in [0.25, 0.3) is 0 Å². The van der Waals surface area contributed by atoms with E-state index in [4.69, 9.17) is 0 Å². The first kappa shape index (κ1) is 11.8. The molecule has 1 rings (SSSR count). The standard InChI is InChI=1S/C14H21N/c1-6-10-15(5)14-12(4)8-7-9-13(14)11(2)3/h6-9,11H,1,10H2,2-5H3. The van der Waals surface area contributed by atoms with E-state index >= 15 is 0 Å². The predicted octanol–water partition coefficient (Wildman–Crippen LogP) is 3.74. The lowest BCUT2D eigenvalue weighted by molar-refractivity contribution is 0.850. The van der Waals surface area contributed by atoms with E-state index in [1.54, 1.807) is 0 Å². The monoisotopic (exact) mass is 203 g/mol. The maximum absolute atomic E-state index is 3.79. The summed E-state index contributed by atoms with van der Waals surface area (Å²) in [6.07, 6.45) is 1.94. The van der Waals surface area contributed by atoms with Gasteiger partial charge < -0.3 is 4.90 Å². The van der Waals surface area contributed by atoms with Gasteiger partial charge in [0.2, 0.25) is 0 Å². The van der Waals surface area contributed by atoms with Crippen LogP contribution in [0.4, 0.5) is 5.69 Å². The molecule has 0 aliphatic carbocycles. The second-order valence-electron chi connectivity index (χ2n) is 4.34. The van der Waals surface area contributed by atoms with E-state index in [9.17, 15) is 0 Å². The molecule has 0 saturated carbocycles. The van der Waals surface area contributed by atoms with E-state index < -0.39 is 0 Å². The predicted molar refractivity (Wildman–Crippen MR) is 68.7 cm³/mol. The minimum absolute atomic E-state index is 0.562. The largest absolute Gasteiger partial charge is 0.370 e. The van der Waals surface area contributed by atoms with Gasteiger partial charge >= 0.3 is 0 Å². The molecule has 0 N–H and O–H groups in total. The van der Waals surface area contributed by atoms with Gasteiger partial charge in [-0.25, -0.2) is 0 Å². The van der Waals surface area contributed by atoms with Gasteiger partial charge in [0.15, 0.2) is 0 Å². The summed E-state index contributed by atoms with van der Waals surface area (Å²) in [7, 11) is 2.12. The average molecular weight is 203 g/mol. The Labute approximate surface area is 93.4 Å². The molecular weight excluding hydrogens is 182 g/mol. The Bertz CT molecular complexity index is 339. The molecule has 0 aliphatic rings. The third-order valence-corrected chi connectivity index (χ3v) is 2.68. The Kier molecular flexibility index (Phi) is 3.96. The van der Waals surface area contributed by atoms with Gasteiger partial charge in [0.05, 0.1) is 0 Å². The van der Waals surface area contributed by atoms with Crippen molar-refractivity contribution in [2.75, 3.05) is 18.5 Å². The maximum Gasteiger partial charge on any atom is 0.0431 e. The lowest BCUT2D eigenvalue weighted by atomic mass is 9.97. The Balaban J connectivity index is 3.17. The average Bonchev–Trinajstić information content (AvgIpc) is 2.17. The highest BCUT2D eigenvalue weighted by atomic mass is 15.1. The molecule has 0 aromatic heterocycles. The van der Waals surface area contributed by atoms with E-state index in [1.165, 1.54) is 16.8 Å². The zero-order valence-electron chi connectivity index (χ0n) is 10.2. The Morgan fingerprint density at radius 1 is 1.40 bits per heavy atom. The minimum Gasteiger partial charge on any atom is -0.370 e. The molecule has 1 aromatic rings. The molecule has 0 heterocycles. The highest BCUT2D eigenvalue weighted by Gasteiger charge is 2.11. The SMILES string of the molecule is C=CCN(C)c1c(C)cccc1C(C)C. The van der Waals surface area contributed by atoms with Gasteiger partial charge in [-0.2, -0.15) is 0 Å². The van der Waals surface area contributed by atoms with Crippen molar-refractivity contribution in [3.63, 3.8) is 0 Å². The number of aryl methyl sites for hydroxylation is 1. The number of rotatable bonds is 4. The molecule has 0 atom stereocenters. The molecule has 1 aromatic carbocycles. The van der Waals surface area contributed by atoms with Crippen molar-refractivity contribution in [1.29, 1.82) is 0 Å². The summed E-state index contributed by atoms with van der Waals surface area (Å²) in [5, 5.41) is 0. The van der Waals surface area contributed by atoms with E-state index in [-0.39, 0.29) is 0 Å². The molecule has 0 amide bonds. The number of benzene rings is 1. The molecule has 0 bridgehead atoms. The first-order valence-corrected chi connectivity index (χ1v) is 5.49. The van der Waals surface area contributed by atoms with E-state index in [1.807, 2.05) is 6.08 Å². The third-order valence-electron chi connectivity index (χ3n) is 2.68. The van der Waals surface area contributed by atoms with Gasteiger partial charge in [-0.3, -0.25) is 0 Å². The summed E-state index contributed by atoms with van der Waals surface area (Å²) >= 11 is 0. The number of anilines is 1. The van der Waals surface area contributed by atoms with Crippen molar-refractivity contribution >= 4 is 5.69 Å². The van der Waals surface area contributed by atoms with Crippen molar-refractivity contribution < 1.29 is 0 Å². The van der Waals surface area contributed by atoms with Crippen LogP contribution in [0, 0.1) is 6.92 Å². The molecule has 15 heavy (non-hydrogen) atoms. The van der Waals surface area contributed by atoms with Gasteiger partial charge in [-0.1, -0.05) is 38.1 Å². The van der Waals surface area contributed by atoms with Crippen LogP contribution in [0.15, 0.2) is 30.9 Å². The summed E-state index contributed by atoms with van der Waals surface area (Å²) in [4.78, 5) is 2.26. The molecule has 0 fully saturated rings. The van der Waals surface area contributed by atoms with Gasteiger partial charge in [0.1, 0.15) is 0 Å². The zero-order chi connectivity index (χ0) is 11.4. The summed E-state index contributed by atoms with van der Waals surface area (Å²) in [6.45, 7) is 11.3. The fraction of sp³-hybridized carbons (Fsp3) is 0.429. The van der Waals surface area contributed by atoms with Crippen molar-refractivity contribution in [3.05, 3.63) is 42.0 Å². The van der Waals surface area contributed by atoms with Crippen LogP contribution in [0.25, 0.3) is 0 Å². The summed E-state index contributed by atoms with van der Waals surface area (Å²) in [6, 6.07) is 6.52. The van der Waals surface area contributed by atoms with E-state index in [0.717, 1.165) is 6.54 Å². The number of likely N-dealkylation sites (N-methyl/N-ethyl adjacent to an activating group) is 1. The van der Waals surface area contributed by atoms with Crippen molar-refractivity contribution in [2.24, 2.45) is 0 Å². The van der Waals surface area contributed by atoms with Crippen LogP contribution in [-0.4, -0.2) is 13.6 Å². The quantitative estimate of drug-likeness (QED) is 0.674. The van der Waals surface area contributed by atoms with Crippen LogP contribution >= 0.6 is 0 Å². The molecule has 0 saturated heterocycles. The fourth-order valence-electron chi connectivity index (χ4n) is 1.95. The lowest BCUT2D eigenvalue weighted by Gasteiger charge is -2.25. The molecule has 1 heteroatoms. The molecular formula is C14H21N. The van der Waals surface area contributed by atoms with E-state index in [2.05, 4.69) is 57.5 Å². The molecule has 0 radical (unpaired) electrons. The van der Waals surface area contributed by atoms with Crippen molar-refractivity contribution in [2.45, 2.75) is 26.7 Å². The molecule has 0 spiro atoms. The fourth-order valence-corrected chi connectivity index (χ4v) is 1.95. The molecule has 1 nitrogen and oxygen atoms in total. The summed E-state index contributed by atoms with van der Waals surface area (Å²) in [5.74, 6) is 0.562. The number of hydrogen-bond donors (Lipinski definition) is 0. The van der Waals surface area contributed by atoms with Crippen LogP contribution in [0.5, 0.6) is 0 Å². The van der Waals surface area contributed by atoms with Gasteiger partial charge in [-0.15, -0.1) is 6.58 Å². The van der Waals surface area contributed by atoms with Gasteiger partial charge in [0, 0.05) is 19.3 Å². The maximum atomic E-state index is 3.79. The van der Waals surface area contributed by atoms with Gasteiger partial charge in [-0.05, 0) is 24.0 Å². The van der Waals surface area contributed by atoms with Crippen LogP contribution in [0.3, 0.4) is 0 Å². The Morgan fingerprint density at radius 2 is 2.07 bits per heavy atom. The molecule has 82 valence electrons. The third kappa shape index (κ3) is 2.62. The number of nitrogens with zero attached hydrogens (tertiary/aromatic N) is 1. The minimum atomic E-state index is 0.562.